The van der Waals surface area contributed by atoms with Crippen molar-refractivity contribution in [3.8, 4) is 0 Å². The summed E-state index contributed by atoms with van der Waals surface area (Å²) in [5.41, 5.74) is 0. The second-order valence-corrected chi connectivity index (χ2v) is 4.80. The molecule has 0 aromatic carbocycles. The molecule has 0 bridgehead atoms. The standard InChI is InChI=1S/C12H19NO5/c1-3-18-11(15)10-9-7(4-5-8(9)14)6-13(10)12(16)17-2/h7-10,14H,3-6H2,1-2H3. The molecule has 0 spiro atoms. The Morgan fingerprint density at radius 3 is 2.72 bits per heavy atom. The van der Waals surface area contributed by atoms with E-state index in [1.54, 1.807) is 6.92 Å². The van der Waals surface area contributed by atoms with E-state index in [4.69, 9.17) is 9.47 Å². The molecule has 1 amide bonds. The summed E-state index contributed by atoms with van der Waals surface area (Å²) in [4.78, 5) is 25.1. The van der Waals surface area contributed by atoms with Gasteiger partial charge in [0.25, 0.3) is 0 Å². The van der Waals surface area contributed by atoms with E-state index >= 15 is 0 Å². The number of methoxy groups -OCH3 is 1. The highest BCUT2D eigenvalue weighted by Crippen LogP contribution is 2.42. The van der Waals surface area contributed by atoms with Crippen LogP contribution in [0.2, 0.25) is 0 Å². The highest BCUT2D eigenvalue weighted by molar-refractivity contribution is 5.82. The Hall–Kier alpha value is -1.30. The van der Waals surface area contributed by atoms with Gasteiger partial charge in [-0.15, -0.1) is 0 Å². The number of fused-ring (bicyclic) bond motifs is 1. The van der Waals surface area contributed by atoms with E-state index in [1.807, 2.05) is 0 Å². The Labute approximate surface area is 106 Å². The third-order valence-electron chi connectivity index (χ3n) is 3.89. The fourth-order valence-corrected chi connectivity index (χ4v) is 3.16. The molecule has 0 aromatic heterocycles. The summed E-state index contributed by atoms with van der Waals surface area (Å²) >= 11 is 0. The number of carbonyl (C=O) groups is 2. The minimum Gasteiger partial charge on any atom is -0.464 e. The smallest absolute Gasteiger partial charge is 0.410 e. The molecule has 1 saturated carbocycles. The number of rotatable bonds is 2. The molecule has 2 aliphatic rings. The first-order valence-corrected chi connectivity index (χ1v) is 6.29. The van der Waals surface area contributed by atoms with Crippen LogP contribution in [0.25, 0.3) is 0 Å². The zero-order valence-corrected chi connectivity index (χ0v) is 10.7. The molecule has 2 fully saturated rings. The average Bonchev–Trinajstić information content (AvgIpc) is 2.89. The van der Waals surface area contributed by atoms with Crippen molar-refractivity contribution < 1.29 is 24.2 Å². The van der Waals surface area contributed by atoms with Gasteiger partial charge in [0.1, 0.15) is 6.04 Å². The number of likely N-dealkylation sites (tertiary alicyclic amines) is 1. The molecule has 2 rings (SSSR count). The zero-order chi connectivity index (χ0) is 13.3. The van der Waals surface area contributed by atoms with Crippen molar-refractivity contribution in [3.05, 3.63) is 0 Å². The van der Waals surface area contributed by atoms with Gasteiger partial charge < -0.3 is 14.6 Å². The number of aliphatic hydroxyl groups is 1. The van der Waals surface area contributed by atoms with Crippen molar-refractivity contribution in [3.63, 3.8) is 0 Å². The molecule has 4 unspecified atom stereocenters. The molecule has 6 nitrogen and oxygen atoms in total. The van der Waals surface area contributed by atoms with Crippen LogP contribution in [0, 0.1) is 11.8 Å². The third kappa shape index (κ3) is 2.05. The molecule has 1 aliphatic heterocycles. The van der Waals surface area contributed by atoms with Gasteiger partial charge in [-0.3, -0.25) is 4.90 Å². The van der Waals surface area contributed by atoms with Crippen LogP contribution in [-0.2, 0) is 14.3 Å². The van der Waals surface area contributed by atoms with Gasteiger partial charge in [0.2, 0.25) is 0 Å². The fourth-order valence-electron chi connectivity index (χ4n) is 3.16. The van der Waals surface area contributed by atoms with Gasteiger partial charge in [-0.25, -0.2) is 9.59 Å². The number of hydrogen-bond acceptors (Lipinski definition) is 5. The number of amides is 1. The van der Waals surface area contributed by atoms with Gasteiger partial charge in [0.05, 0.1) is 19.8 Å². The monoisotopic (exact) mass is 257 g/mol. The summed E-state index contributed by atoms with van der Waals surface area (Å²) in [6.45, 7) is 2.44. The van der Waals surface area contributed by atoms with Crippen LogP contribution in [0.15, 0.2) is 0 Å². The first-order chi connectivity index (χ1) is 8.60. The zero-order valence-electron chi connectivity index (χ0n) is 10.7. The lowest BCUT2D eigenvalue weighted by Crippen LogP contribution is -2.46. The number of carbonyl (C=O) groups excluding carboxylic acids is 2. The molecule has 0 radical (unpaired) electrons. The van der Waals surface area contributed by atoms with Crippen LogP contribution in [0.4, 0.5) is 4.79 Å². The summed E-state index contributed by atoms with van der Waals surface area (Å²) in [5, 5.41) is 9.97. The van der Waals surface area contributed by atoms with Crippen molar-refractivity contribution in [2.75, 3.05) is 20.3 Å². The highest BCUT2D eigenvalue weighted by atomic mass is 16.6. The SMILES string of the molecule is CCOC(=O)C1C2C(O)CCC2CN1C(=O)OC. The van der Waals surface area contributed by atoms with Gasteiger partial charge in [-0.05, 0) is 25.7 Å². The van der Waals surface area contributed by atoms with Crippen LogP contribution in [0.3, 0.4) is 0 Å². The molecule has 1 heterocycles. The van der Waals surface area contributed by atoms with Crippen molar-refractivity contribution in [1.29, 1.82) is 0 Å². The number of esters is 1. The summed E-state index contributed by atoms with van der Waals surface area (Å²) in [7, 11) is 1.29. The molecule has 1 N–H and O–H groups in total. The van der Waals surface area contributed by atoms with Gasteiger partial charge in [-0.2, -0.15) is 0 Å². The van der Waals surface area contributed by atoms with Crippen LogP contribution >= 0.6 is 0 Å². The second kappa shape index (κ2) is 5.14. The van der Waals surface area contributed by atoms with E-state index < -0.39 is 24.2 Å². The molecule has 1 aliphatic carbocycles. The van der Waals surface area contributed by atoms with E-state index in [-0.39, 0.29) is 18.4 Å². The quantitative estimate of drug-likeness (QED) is 0.724. The normalized spacial score (nSPS) is 34.3. The molecule has 18 heavy (non-hydrogen) atoms. The van der Waals surface area contributed by atoms with Crippen molar-refractivity contribution in [1.82, 2.24) is 4.90 Å². The topological polar surface area (TPSA) is 76.1 Å². The molecule has 4 atom stereocenters. The van der Waals surface area contributed by atoms with E-state index in [2.05, 4.69) is 0 Å². The number of nitrogens with zero attached hydrogens (tertiary/aromatic N) is 1. The molecule has 102 valence electrons. The average molecular weight is 257 g/mol. The molecule has 6 heteroatoms. The first-order valence-electron chi connectivity index (χ1n) is 6.29. The van der Waals surface area contributed by atoms with Crippen molar-refractivity contribution in [2.45, 2.75) is 31.9 Å². The van der Waals surface area contributed by atoms with Crippen LogP contribution in [-0.4, -0.2) is 54.5 Å². The molecule has 0 aromatic rings. The number of aliphatic hydroxyl groups excluding tert-OH is 1. The van der Waals surface area contributed by atoms with Crippen LogP contribution in [0.5, 0.6) is 0 Å². The van der Waals surface area contributed by atoms with E-state index in [9.17, 15) is 14.7 Å². The Morgan fingerprint density at radius 2 is 2.11 bits per heavy atom. The Balaban J connectivity index is 2.21. The summed E-state index contributed by atoms with van der Waals surface area (Å²) in [6.07, 6.45) is 0.434. The second-order valence-electron chi connectivity index (χ2n) is 4.80. The summed E-state index contributed by atoms with van der Waals surface area (Å²) < 4.78 is 9.70. The Bertz CT molecular complexity index is 345. The van der Waals surface area contributed by atoms with Crippen molar-refractivity contribution in [2.24, 2.45) is 11.8 Å². The van der Waals surface area contributed by atoms with Gasteiger partial charge in [0.15, 0.2) is 0 Å². The number of hydrogen-bond donors (Lipinski definition) is 1. The first kappa shape index (κ1) is 13.1. The largest absolute Gasteiger partial charge is 0.464 e. The lowest BCUT2D eigenvalue weighted by Gasteiger charge is -2.26. The maximum atomic E-state index is 12.0. The maximum absolute atomic E-state index is 12.0. The lowest BCUT2D eigenvalue weighted by atomic mass is 9.92. The van der Waals surface area contributed by atoms with E-state index in [1.165, 1.54) is 12.0 Å². The van der Waals surface area contributed by atoms with E-state index in [0.29, 0.717) is 13.0 Å². The van der Waals surface area contributed by atoms with Crippen LogP contribution in [0.1, 0.15) is 19.8 Å². The molecular weight excluding hydrogens is 238 g/mol. The Kier molecular flexibility index (Phi) is 3.75. The minimum absolute atomic E-state index is 0.161. The maximum Gasteiger partial charge on any atom is 0.410 e. The fraction of sp³-hybridized carbons (Fsp3) is 0.833. The Morgan fingerprint density at radius 1 is 1.39 bits per heavy atom. The summed E-state index contributed by atoms with van der Waals surface area (Å²) in [6, 6.07) is -0.708. The molecular formula is C12H19NO5. The van der Waals surface area contributed by atoms with Crippen molar-refractivity contribution >= 4 is 12.1 Å². The van der Waals surface area contributed by atoms with Crippen LogP contribution < -0.4 is 0 Å². The summed E-state index contributed by atoms with van der Waals surface area (Å²) in [5.74, 6) is -0.506. The third-order valence-corrected chi connectivity index (χ3v) is 3.89. The number of ether oxygens (including phenoxy) is 2. The van der Waals surface area contributed by atoms with Gasteiger partial charge in [0, 0.05) is 12.5 Å². The minimum atomic E-state index is -0.708. The predicted molar refractivity (Wildman–Crippen MR) is 61.8 cm³/mol. The van der Waals surface area contributed by atoms with Gasteiger partial charge >= 0.3 is 12.1 Å². The lowest BCUT2D eigenvalue weighted by molar-refractivity contribution is -0.150. The van der Waals surface area contributed by atoms with Gasteiger partial charge in [-0.1, -0.05) is 0 Å². The molecule has 1 saturated heterocycles. The highest BCUT2D eigenvalue weighted by Gasteiger charge is 2.54. The van der Waals surface area contributed by atoms with E-state index in [0.717, 1.165) is 6.42 Å². The predicted octanol–water partition coefficient (Wildman–Crippen LogP) is 0.387.